The topological polar surface area (TPSA) is 6.48 Å². The summed E-state index contributed by atoms with van der Waals surface area (Å²) in [4.78, 5) is 5.42. The molecule has 0 spiro atoms. The lowest BCUT2D eigenvalue weighted by Gasteiger charge is -2.38. The molecule has 0 unspecified atom stereocenters. The molecule has 0 N–H and O–H groups in total. The monoisotopic (exact) mass is 294 g/mol. The van der Waals surface area contributed by atoms with Gasteiger partial charge < -0.3 is 9.80 Å². The molecule has 1 heterocycles. The third-order valence-corrected chi connectivity index (χ3v) is 5.84. The molecule has 2 rings (SSSR count). The van der Waals surface area contributed by atoms with Gasteiger partial charge in [-0.25, -0.2) is 0 Å². The van der Waals surface area contributed by atoms with Crippen LogP contribution in [0.3, 0.4) is 0 Å². The Balaban J connectivity index is 1.61. The van der Waals surface area contributed by atoms with Crippen molar-refractivity contribution < 1.29 is 0 Å². The fraction of sp³-hybridized carbons (Fsp3) is 1.00. The second-order valence-corrected chi connectivity index (χ2v) is 8.35. The van der Waals surface area contributed by atoms with Crippen molar-refractivity contribution >= 4 is 0 Å². The molecule has 0 aromatic heterocycles. The number of piperazine rings is 1. The second-order valence-electron chi connectivity index (χ2n) is 8.35. The summed E-state index contributed by atoms with van der Waals surface area (Å²) in [5.41, 5.74) is 0. The van der Waals surface area contributed by atoms with Gasteiger partial charge in [-0.2, -0.15) is 0 Å². The summed E-state index contributed by atoms with van der Waals surface area (Å²) in [7, 11) is 0. The minimum atomic E-state index is 0.846. The van der Waals surface area contributed by atoms with Gasteiger partial charge in [0.15, 0.2) is 0 Å². The van der Waals surface area contributed by atoms with E-state index in [4.69, 9.17) is 0 Å². The van der Waals surface area contributed by atoms with E-state index >= 15 is 0 Å². The van der Waals surface area contributed by atoms with Crippen LogP contribution < -0.4 is 0 Å². The summed E-state index contributed by atoms with van der Waals surface area (Å²) < 4.78 is 0. The average Bonchev–Trinajstić information content (AvgIpc) is 2.47. The van der Waals surface area contributed by atoms with Crippen molar-refractivity contribution in [3.05, 3.63) is 0 Å². The molecule has 0 aromatic carbocycles. The van der Waals surface area contributed by atoms with Gasteiger partial charge in [-0.15, -0.1) is 0 Å². The molecule has 0 atom stereocenters. The molecule has 0 amide bonds. The van der Waals surface area contributed by atoms with Crippen LogP contribution in [0, 0.1) is 23.7 Å². The third-order valence-electron chi connectivity index (χ3n) is 5.84. The molecular weight excluding hydrogens is 256 g/mol. The quantitative estimate of drug-likeness (QED) is 0.727. The summed E-state index contributed by atoms with van der Waals surface area (Å²) in [5, 5.41) is 0. The normalized spacial score (nSPS) is 29.4. The van der Waals surface area contributed by atoms with E-state index in [2.05, 4.69) is 37.5 Å². The number of hydrogen-bond acceptors (Lipinski definition) is 2. The van der Waals surface area contributed by atoms with Crippen LogP contribution in [-0.2, 0) is 0 Å². The maximum atomic E-state index is 2.74. The highest BCUT2D eigenvalue weighted by atomic mass is 15.3. The van der Waals surface area contributed by atoms with Gasteiger partial charge in [0.25, 0.3) is 0 Å². The van der Waals surface area contributed by atoms with E-state index in [0.29, 0.717) is 0 Å². The van der Waals surface area contributed by atoms with Crippen LogP contribution in [0.5, 0.6) is 0 Å². The summed E-state index contributed by atoms with van der Waals surface area (Å²) in [6, 6.07) is 0. The van der Waals surface area contributed by atoms with Gasteiger partial charge in [0.1, 0.15) is 0 Å². The fourth-order valence-electron chi connectivity index (χ4n) is 4.04. The fourth-order valence-corrected chi connectivity index (χ4v) is 4.04. The molecule has 1 aliphatic heterocycles. The molecule has 21 heavy (non-hydrogen) atoms. The smallest absolute Gasteiger partial charge is 0.0110 e. The molecular formula is C19H38N2. The highest BCUT2D eigenvalue weighted by Crippen LogP contribution is 2.33. The van der Waals surface area contributed by atoms with Crippen molar-refractivity contribution in [3.8, 4) is 0 Å². The van der Waals surface area contributed by atoms with Crippen LogP contribution in [0.2, 0.25) is 0 Å². The predicted molar refractivity (Wildman–Crippen MR) is 92.6 cm³/mol. The largest absolute Gasteiger partial charge is 0.301 e. The Hall–Kier alpha value is -0.0800. The molecule has 2 aliphatic rings. The molecule has 0 radical (unpaired) electrons. The van der Waals surface area contributed by atoms with E-state index in [9.17, 15) is 0 Å². The Morgan fingerprint density at radius 3 is 1.90 bits per heavy atom. The SMILES string of the molecule is CC(C)CCN1CCN(CC2CCC(C(C)C)CC2)CC1. The zero-order valence-corrected chi connectivity index (χ0v) is 15.0. The molecule has 1 saturated carbocycles. The number of nitrogens with zero attached hydrogens (tertiary/aromatic N) is 2. The standard InChI is InChI=1S/C19H38N2/c1-16(2)9-10-20-11-13-21(14-12-20)15-18-5-7-19(8-6-18)17(3)4/h16-19H,5-15H2,1-4H3. The van der Waals surface area contributed by atoms with Crippen molar-refractivity contribution in [3.63, 3.8) is 0 Å². The molecule has 0 aromatic rings. The van der Waals surface area contributed by atoms with Crippen LogP contribution >= 0.6 is 0 Å². The van der Waals surface area contributed by atoms with E-state index in [0.717, 1.165) is 23.7 Å². The maximum Gasteiger partial charge on any atom is 0.0110 e. The Bertz CT molecular complexity index is 271. The third kappa shape index (κ3) is 5.90. The first kappa shape index (κ1) is 17.3. The van der Waals surface area contributed by atoms with E-state index in [-0.39, 0.29) is 0 Å². The summed E-state index contributed by atoms with van der Waals surface area (Å²) >= 11 is 0. The zero-order chi connectivity index (χ0) is 15.2. The van der Waals surface area contributed by atoms with Crippen molar-refractivity contribution in [1.82, 2.24) is 9.80 Å². The van der Waals surface area contributed by atoms with Crippen molar-refractivity contribution in [2.75, 3.05) is 39.3 Å². The van der Waals surface area contributed by atoms with Gasteiger partial charge in [0.05, 0.1) is 0 Å². The maximum absolute atomic E-state index is 2.74. The summed E-state index contributed by atoms with van der Waals surface area (Å²) in [6.45, 7) is 17.4. The van der Waals surface area contributed by atoms with E-state index in [1.807, 2.05) is 0 Å². The van der Waals surface area contributed by atoms with E-state index in [1.165, 1.54) is 71.4 Å². The van der Waals surface area contributed by atoms with Gasteiger partial charge in [0.2, 0.25) is 0 Å². The van der Waals surface area contributed by atoms with Gasteiger partial charge in [0, 0.05) is 32.7 Å². The highest BCUT2D eigenvalue weighted by molar-refractivity contribution is 4.79. The minimum absolute atomic E-state index is 0.846. The predicted octanol–water partition coefficient (Wildman–Crippen LogP) is 4.11. The molecule has 1 aliphatic carbocycles. The molecule has 0 bridgehead atoms. The second kappa shape index (κ2) is 8.53. The Labute approximate surface area is 133 Å². The number of rotatable bonds is 6. The van der Waals surface area contributed by atoms with Crippen LogP contribution in [0.15, 0.2) is 0 Å². The van der Waals surface area contributed by atoms with E-state index in [1.54, 1.807) is 0 Å². The lowest BCUT2D eigenvalue weighted by atomic mass is 9.77. The van der Waals surface area contributed by atoms with Crippen molar-refractivity contribution in [1.29, 1.82) is 0 Å². The summed E-state index contributed by atoms with van der Waals surface area (Å²) in [5.74, 6) is 3.74. The van der Waals surface area contributed by atoms with Gasteiger partial charge >= 0.3 is 0 Å². The van der Waals surface area contributed by atoms with Gasteiger partial charge in [-0.3, -0.25) is 0 Å². The molecule has 2 heteroatoms. The highest BCUT2D eigenvalue weighted by Gasteiger charge is 2.26. The lowest BCUT2D eigenvalue weighted by Crippen LogP contribution is -2.48. The van der Waals surface area contributed by atoms with E-state index < -0.39 is 0 Å². The molecule has 2 nitrogen and oxygen atoms in total. The van der Waals surface area contributed by atoms with Crippen LogP contribution in [0.4, 0.5) is 0 Å². The Morgan fingerprint density at radius 2 is 1.38 bits per heavy atom. The van der Waals surface area contributed by atoms with Crippen LogP contribution in [0.25, 0.3) is 0 Å². The first-order chi connectivity index (χ1) is 10.0. The molecule has 1 saturated heterocycles. The Kier molecular flexibility index (Phi) is 7.01. The Morgan fingerprint density at radius 1 is 0.810 bits per heavy atom. The van der Waals surface area contributed by atoms with Gasteiger partial charge in [-0.1, -0.05) is 27.7 Å². The first-order valence-electron chi connectivity index (χ1n) is 9.49. The summed E-state index contributed by atoms with van der Waals surface area (Å²) in [6.07, 6.45) is 7.29. The lowest BCUT2D eigenvalue weighted by molar-refractivity contribution is 0.0981. The molecule has 124 valence electrons. The average molecular weight is 295 g/mol. The van der Waals surface area contributed by atoms with Crippen LogP contribution in [0.1, 0.15) is 59.8 Å². The molecule has 2 fully saturated rings. The van der Waals surface area contributed by atoms with Crippen molar-refractivity contribution in [2.45, 2.75) is 59.8 Å². The number of hydrogen-bond donors (Lipinski definition) is 0. The zero-order valence-electron chi connectivity index (χ0n) is 15.0. The van der Waals surface area contributed by atoms with Gasteiger partial charge in [-0.05, 0) is 62.3 Å². The van der Waals surface area contributed by atoms with Crippen molar-refractivity contribution in [2.24, 2.45) is 23.7 Å². The first-order valence-corrected chi connectivity index (χ1v) is 9.49. The van der Waals surface area contributed by atoms with Crippen LogP contribution in [-0.4, -0.2) is 49.1 Å². The minimum Gasteiger partial charge on any atom is -0.301 e.